The van der Waals surface area contributed by atoms with E-state index in [0.717, 1.165) is 51.4 Å². The Hall–Kier alpha value is -2.71. The lowest BCUT2D eigenvalue weighted by Gasteiger charge is -2.35. The molecule has 0 aliphatic carbocycles. The van der Waals surface area contributed by atoms with Gasteiger partial charge in [-0.15, -0.1) is 0 Å². The van der Waals surface area contributed by atoms with Crippen LogP contribution in [0.3, 0.4) is 0 Å². The van der Waals surface area contributed by atoms with Crippen molar-refractivity contribution in [2.75, 3.05) is 51.3 Å². The highest BCUT2D eigenvalue weighted by Gasteiger charge is 2.20. The number of amides is 1. The number of nitrogens with one attached hydrogen (secondary N) is 1. The lowest BCUT2D eigenvalue weighted by molar-refractivity contribution is 0.0957. The number of piperazine rings is 1. The van der Waals surface area contributed by atoms with Crippen LogP contribution in [0.5, 0.6) is 5.75 Å². The van der Waals surface area contributed by atoms with E-state index in [-0.39, 0.29) is 5.91 Å². The number of fused-ring (bicyclic) bond motifs is 1. The fourth-order valence-corrected chi connectivity index (χ4v) is 4.46. The Kier molecular flexibility index (Phi) is 6.76. The lowest BCUT2D eigenvalue weighted by Crippen LogP contribution is -2.46. The van der Waals surface area contributed by atoms with Gasteiger partial charge in [0.05, 0.1) is 11.3 Å². The third-order valence-corrected chi connectivity index (χ3v) is 6.18. The number of unbranched alkanes of at least 4 members (excludes halogenated alkanes) is 1. The number of nitrogens with zero attached hydrogens (tertiary/aromatic N) is 4. The van der Waals surface area contributed by atoms with Gasteiger partial charge < -0.3 is 15.0 Å². The maximum Gasteiger partial charge on any atom is 0.269 e. The summed E-state index contributed by atoms with van der Waals surface area (Å²) in [7, 11) is 1.59. The Labute approximate surface area is 180 Å². The predicted molar refractivity (Wildman–Crippen MR) is 121 cm³/mol. The average molecular weight is 426 g/mol. The molecule has 30 heavy (non-hydrogen) atoms. The molecule has 7 nitrogen and oxygen atoms in total. The number of benzene rings is 1. The third kappa shape index (κ3) is 4.88. The van der Waals surface area contributed by atoms with E-state index in [1.165, 1.54) is 10.1 Å². The van der Waals surface area contributed by atoms with E-state index < -0.39 is 0 Å². The minimum atomic E-state index is -0.203. The Bertz CT molecular complexity index is 984. The monoisotopic (exact) mass is 425 g/mol. The molecule has 3 heterocycles. The molecule has 2 aromatic heterocycles. The maximum absolute atomic E-state index is 11.6. The lowest BCUT2D eigenvalue weighted by atomic mass is 10.2. The van der Waals surface area contributed by atoms with Crippen molar-refractivity contribution in [2.45, 2.75) is 12.8 Å². The highest BCUT2D eigenvalue weighted by Crippen LogP contribution is 2.29. The molecule has 0 saturated carbocycles. The number of pyridine rings is 1. The first-order chi connectivity index (χ1) is 14.7. The zero-order chi connectivity index (χ0) is 20.8. The molecular weight excluding hydrogens is 398 g/mol. The SMILES string of the molecule is CNC(=O)c1cc(OCCCCN2CCN(c3nsc4ccccc34)CC2)ccn1. The van der Waals surface area contributed by atoms with Gasteiger partial charge in [0.2, 0.25) is 0 Å². The van der Waals surface area contributed by atoms with Crippen molar-refractivity contribution in [1.82, 2.24) is 19.6 Å². The first-order valence-corrected chi connectivity index (χ1v) is 11.1. The number of ether oxygens (including phenoxy) is 1. The summed E-state index contributed by atoms with van der Waals surface area (Å²) in [6, 6.07) is 11.9. The van der Waals surface area contributed by atoms with E-state index in [4.69, 9.17) is 4.74 Å². The van der Waals surface area contributed by atoms with Gasteiger partial charge in [0.25, 0.3) is 5.91 Å². The number of anilines is 1. The van der Waals surface area contributed by atoms with Crippen LogP contribution < -0.4 is 15.0 Å². The van der Waals surface area contributed by atoms with Crippen LogP contribution in [0.15, 0.2) is 42.6 Å². The summed E-state index contributed by atoms with van der Waals surface area (Å²) in [5.41, 5.74) is 0.376. The first kappa shape index (κ1) is 20.6. The molecule has 1 saturated heterocycles. The van der Waals surface area contributed by atoms with E-state index in [0.29, 0.717) is 18.1 Å². The van der Waals surface area contributed by atoms with Gasteiger partial charge in [-0.05, 0) is 49.1 Å². The van der Waals surface area contributed by atoms with Crippen LogP contribution in [0.4, 0.5) is 5.82 Å². The van der Waals surface area contributed by atoms with Crippen LogP contribution in [0, 0.1) is 0 Å². The molecule has 0 radical (unpaired) electrons. The summed E-state index contributed by atoms with van der Waals surface area (Å²) in [6.45, 7) is 5.88. The van der Waals surface area contributed by atoms with E-state index in [9.17, 15) is 4.79 Å². The number of carbonyl (C=O) groups excluding carboxylic acids is 1. The van der Waals surface area contributed by atoms with Crippen LogP contribution in [0.2, 0.25) is 0 Å². The van der Waals surface area contributed by atoms with Crippen LogP contribution in [-0.2, 0) is 0 Å². The number of hydrogen-bond donors (Lipinski definition) is 1. The van der Waals surface area contributed by atoms with Crippen LogP contribution in [0.25, 0.3) is 10.1 Å². The first-order valence-electron chi connectivity index (χ1n) is 10.4. The molecule has 158 valence electrons. The van der Waals surface area contributed by atoms with Crippen molar-refractivity contribution in [3.8, 4) is 5.75 Å². The van der Waals surface area contributed by atoms with E-state index in [2.05, 4.69) is 48.7 Å². The quantitative estimate of drug-likeness (QED) is 0.560. The molecule has 1 aliphatic rings. The van der Waals surface area contributed by atoms with Crippen LogP contribution in [0.1, 0.15) is 23.3 Å². The topological polar surface area (TPSA) is 70.6 Å². The van der Waals surface area contributed by atoms with Crippen molar-refractivity contribution in [3.05, 3.63) is 48.3 Å². The van der Waals surface area contributed by atoms with Gasteiger partial charge in [-0.3, -0.25) is 14.7 Å². The molecule has 1 amide bonds. The largest absolute Gasteiger partial charge is 0.493 e. The Morgan fingerprint density at radius 3 is 2.83 bits per heavy atom. The molecule has 1 fully saturated rings. The molecule has 0 atom stereocenters. The van der Waals surface area contributed by atoms with E-state index in [1.54, 1.807) is 36.9 Å². The molecule has 3 aromatic rings. The summed E-state index contributed by atoms with van der Waals surface area (Å²) in [6.07, 6.45) is 3.67. The molecule has 0 spiro atoms. The maximum atomic E-state index is 11.6. The second-order valence-electron chi connectivity index (χ2n) is 7.34. The Morgan fingerprint density at radius 1 is 1.17 bits per heavy atom. The zero-order valence-corrected chi connectivity index (χ0v) is 18.0. The molecule has 1 aliphatic heterocycles. The number of rotatable bonds is 8. The van der Waals surface area contributed by atoms with Crippen molar-refractivity contribution >= 4 is 33.3 Å². The van der Waals surface area contributed by atoms with E-state index >= 15 is 0 Å². The number of aromatic nitrogens is 2. The highest BCUT2D eigenvalue weighted by atomic mass is 32.1. The fraction of sp³-hybridized carbons (Fsp3) is 0.409. The zero-order valence-electron chi connectivity index (χ0n) is 17.2. The standard InChI is InChI=1S/C22H27N5O2S/c1-23-22(28)19-16-17(8-9-24-19)29-15-5-4-10-26-11-13-27(14-12-26)21-18-6-2-3-7-20(18)30-25-21/h2-3,6-9,16H,4-5,10-15H2,1H3,(H,23,28). The van der Waals surface area contributed by atoms with Gasteiger partial charge in [0, 0.05) is 50.9 Å². The summed E-state index contributed by atoms with van der Waals surface area (Å²) >= 11 is 1.58. The number of hydrogen-bond acceptors (Lipinski definition) is 7. The van der Waals surface area contributed by atoms with Crippen molar-refractivity contribution in [2.24, 2.45) is 0 Å². The second-order valence-corrected chi connectivity index (χ2v) is 8.15. The summed E-state index contributed by atoms with van der Waals surface area (Å²) < 4.78 is 11.7. The molecule has 4 rings (SSSR count). The highest BCUT2D eigenvalue weighted by molar-refractivity contribution is 7.13. The smallest absolute Gasteiger partial charge is 0.269 e. The van der Waals surface area contributed by atoms with Gasteiger partial charge in [0.1, 0.15) is 17.3 Å². The van der Waals surface area contributed by atoms with Crippen LogP contribution in [-0.4, -0.2) is 66.5 Å². The second kappa shape index (κ2) is 9.86. The average Bonchev–Trinajstić information content (AvgIpc) is 3.23. The van der Waals surface area contributed by atoms with E-state index in [1.807, 2.05) is 0 Å². The minimum absolute atomic E-state index is 0.203. The fourth-order valence-electron chi connectivity index (χ4n) is 3.66. The molecular formula is C22H27N5O2S. The van der Waals surface area contributed by atoms with Gasteiger partial charge >= 0.3 is 0 Å². The Balaban J connectivity index is 1.17. The molecule has 1 aromatic carbocycles. The van der Waals surface area contributed by atoms with Crippen LogP contribution >= 0.6 is 11.5 Å². The van der Waals surface area contributed by atoms with Gasteiger partial charge in [-0.25, -0.2) is 0 Å². The Morgan fingerprint density at radius 2 is 2.00 bits per heavy atom. The van der Waals surface area contributed by atoms with Gasteiger partial charge in [-0.2, -0.15) is 4.37 Å². The molecule has 0 unspecified atom stereocenters. The number of carbonyl (C=O) groups is 1. The minimum Gasteiger partial charge on any atom is -0.493 e. The van der Waals surface area contributed by atoms with Gasteiger partial charge in [0.15, 0.2) is 0 Å². The summed E-state index contributed by atoms with van der Waals surface area (Å²) in [4.78, 5) is 20.6. The van der Waals surface area contributed by atoms with Crippen molar-refractivity contribution in [1.29, 1.82) is 0 Å². The predicted octanol–water partition coefficient (Wildman–Crippen LogP) is 3.03. The van der Waals surface area contributed by atoms with Crippen molar-refractivity contribution < 1.29 is 9.53 Å². The third-order valence-electron chi connectivity index (χ3n) is 5.36. The van der Waals surface area contributed by atoms with Crippen molar-refractivity contribution in [3.63, 3.8) is 0 Å². The van der Waals surface area contributed by atoms with Gasteiger partial charge in [-0.1, -0.05) is 12.1 Å². The molecule has 1 N–H and O–H groups in total. The normalized spacial score (nSPS) is 14.8. The summed E-state index contributed by atoms with van der Waals surface area (Å²) in [5.74, 6) is 1.62. The molecule has 8 heteroatoms. The summed E-state index contributed by atoms with van der Waals surface area (Å²) in [5, 5.41) is 3.84. The molecule has 0 bridgehead atoms.